The van der Waals surface area contributed by atoms with Crippen LogP contribution in [0.25, 0.3) is 0 Å². The molecule has 0 atom stereocenters. The van der Waals surface area contributed by atoms with Crippen molar-refractivity contribution in [3.8, 4) is 0 Å². The third-order valence-corrected chi connectivity index (χ3v) is 2.85. The third-order valence-electron chi connectivity index (χ3n) is 2.85. The first-order valence-corrected chi connectivity index (χ1v) is 6.71. The molecule has 0 aromatic heterocycles. The third kappa shape index (κ3) is 5.51. The number of rotatable bonds is 7. The number of hydrogen-bond acceptors (Lipinski definition) is 4. The van der Waals surface area contributed by atoms with Gasteiger partial charge in [0.1, 0.15) is 5.82 Å². The zero-order chi connectivity index (χ0) is 16.0. The highest BCUT2D eigenvalue weighted by molar-refractivity contribution is 5.89. The van der Waals surface area contributed by atoms with Crippen molar-refractivity contribution in [3.05, 3.63) is 35.1 Å². The fraction of sp³-hybridized carbons (Fsp3) is 0.467. The Labute approximate surface area is 123 Å². The lowest BCUT2D eigenvalue weighted by molar-refractivity contribution is -0.119. The molecule has 2 N–H and O–H groups in total. The van der Waals surface area contributed by atoms with Crippen LogP contribution in [0.15, 0.2) is 18.2 Å². The van der Waals surface area contributed by atoms with Gasteiger partial charge >= 0.3 is 5.97 Å². The summed E-state index contributed by atoms with van der Waals surface area (Å²) in [5.41, 5.74) is 5.78. The highest BCUT2D eigenvalue weighted by Gasteiger charge is 2.15. The molecule has 1 aromatic rings. The van der Waals surface area contributed by atoms with Crippen molar-refractivity contribution < 1.29 is 18.7 Å². The Bertz CT molecular complexity index is 518. The van der Waals surface area contributed by atoms with Crippen molar-refractivity contribution in [2.45, 2.75) is 20.4 Å². The standard InChI is InChI=1S/C15H21FN2O3/c1-10(2)7-18(9-14(17)19)8-11-4-5-12(13(16)6-11)15(20)21-3/h4-6,10H,7-9H2,1-3H3,(H2,17,19). The molecule has 1 amide bonds. The van der Waals surface area contributed by atoms with Crippen LogP contribution in [0.3, 0.4) is 0 Å². The Morgan fingerprint density at radius 3 is 2.52 bits per heavy atom. The van der Waals surface area contributed by atoms with E-state index in [4.69, 9.17) is 5.73 Å². The molecule has 0 radical (unpaired) electrons. The molecule has 0 saturated heterocycles. The van der Waals surface area contributed by atoms with Crippen LogP contribution < -0.4 is 5.73 Å². The molecule has 0 unspecified atom stereocenters. The Morgan fingerprint density at radius 1 is 1.38 bits per heavy atom. The number of benzene rings is 1. The maximum Gasteiger partial charge on any atom is 0.340 e. The minimum absolute atomic E-state index is 0.105. The molecular weight excluding hydrogens is 275 g/mol. The molecule has 0 saturated carbocycles. The maximum absolute atomic E-state index is 13.9. The van der Waals surface area contributed by atoms with Crippen LogP contribution in [-0.4, -0.2) is 37.0 Å². The average Bonchev–Trinajstić information content (AvgIpc) is 2.36. The largest absolute Gasteiger partial charge is 0.465 e. The summed E-state index contributed by atoms with van der Waals surface area (Å²) in [6.07, 6.45) is 0. The molecule has 0 aliphatic heterocycles. The number of ether oxygens (including phenoxy) is 1. The first kappa shape index (κ1) is 17.1. The summed E-state index contributed by atoms with van der Waals surface area (Å²) < 4.78 is 18.3. The Kier molecular flexibility index (Phi) is 6.30. The molecular formula is C15H21FN2O3. The molecule has 116 valence electrons. The van der Waals surface area contributed by atoms with Crippen molar-refractivity contribution in [3.63, 3.8) is 0 Å². The van der Waals surface area contributed by atoms with Crippen LogP contribution >= 0.6 is 0 Å². The van der Waals surface area contributed by atoms with Gasteiger partial charge in [-0.15, -0.1) is 0 Å². The van der Waals surface area contributed by atoms with Crippen LogP contribution in [0, 0.1) is 11.7 Å². The fourth-order valence-corrected chi connectivity index (χ4v) is 2.11. The summed E-state index contributed by atoms with van der Waals surface area (Å²) >= 11 is 0. The monoisotopic (exact) mass is 296 g/mol. The Balaban J connectivity index is 2.86. The molecule has 5 nitrogen and oxygen atoms in total. The maximum atomic E-state index is 13.9. The van der Waals surface area contributed by atoms with Gasteiger partial charge in [0, 0.05) is 13.1 Å². The van der Waals surface area contributed by atoms with E-state index in [0.717, 1.165) is 0 Å². The number of nitrogens with zero attached hydrogens (tertiary/aromatic N) is 1. The smallest absolute Gasteiger partial charge is 0.340 e. The first-order chi connectivity index (χ1) is 9.83. The summed E-state index contributed by atoms with van der Waals surface area (Å²) in [7, 11) is 1.20. The van der Waals surface area contributed by atoms with Gasteiger partial charge in [0.15, 0.2) is 0 Å². The molecule has 0 fully saturated rings. The summed E-state index contributed by atoms with van der Waals surface area (Å²) in [6.45, 7) is 5.21. The van der Waals surface area contributed by atoms with E-state index < -0.39 is 17.7 Å². The SMILES string of the molecule is COC(=O)c1ccc(CN(CC(N)=O)CC(C)C)cc1F. The molecule has 0 aliphatic rings. The molecule has 21 heavy (non-hydrogen) atoms. The van der Waals surface area contributed by atoms with Gasteiger partial charge < -0.3 is 10.5 Å². The predicted molar refractivity (Wildman–Crippen MR) is 77.0 cm³/mol. The molecule has 0 aliphatic carbocycles. The van der Waals surface area contributed by atoms with Crippen LogP contribution in [0.4, 0.5) is 4.39 Å². The van der Waals surface area contributed by atoms with E-state index in [1.54, 1.807) is 6.07 Å². The fourth-order valence-electron chi connectivity index (χ4n) is 2.11. The lowest BCUT2D eigenvalue weighted by atomic mass is 10.1. The predicted octanol–water partition coefficient (Wildman–Crippen LogP) is 1.56. The molecule has 1 rings (SSSR count). The van der Waals surface area contributed by atoms with Crippen molar-refractivity contribution in [2.75, 3.05) is 20.2 Å². The van der Waals surface area contributed by atoms with Crippen molar-refractivity contribution in [1.29, 1.82) is 0 Å². The van der Waals surface area contributed by atoms with E-state index in [2.05, 4.69) is 4.74 Å². The molecule has 0 heterocycles. The number of halogens is 1. The zero-order valence-electron chi connectivity index (χ0n) is 12.6. The number of methoxy groups -OCH3 is 1. The summed E-state index contributed by atoms with van der Waals surface area (Å²) in [5, 5.41) is 0. The van der Waals surface area contributed by atoms with Crippen LogP contribution in [-0.2, 0) is 16.1 Å². The van der Waals surface area contributed by atoms with Gasteiger partial charge in [-0.2, -0.15) is 0 Å². The number of esters is 1. The number of amides is 1. The minimum Gasteiger partial charge on any atom is -0.465 e. The topological polar surface area (TPSA) is 72.6 Å². The zero-order valence-corrected chi connectivity index (χ0v) is 12.6. The van der Waals surface area contributed by atoms with Gasteiger partial charge in [-0.05, 0) is 23.6 Å². The lowest BCUT2D eigenvalue weighted by Crippen LogP contribution is -2.35. The normalized spacial score (nSPS) is 11.0. The van der Waals surface area contributed by atoms with Gasteiger partial charge in [0.2, 0.25) is 5.91 Å². The number of hydrogen-bond donors (Lipinski definition) is 1. The lowest BCUT2D eigenvalue weighted by Gasteiger charge is -2.23. The first-order valence-electron chi connectivity index (χ1n) is 6.71. The van der Waals surface area contributed by atoms with Gasteiger partial charge in [0.25, 0.3) is 0 Å². The van der Waals surface area contributed by atoms with Gasteiger partial charge in [0.05, 0.1) is 19.2 Å². The summed E-state index contributed by atoms with van der Waals surface area (Å²) in [6, 6.07) is 4.30. The Morgan fingerprint density at radius 2 is 2.05 bits per heavy atom. The van der Waals surface area contributed by atoms with Gasteiger partial charge in [-0.25, -0.2) is 9.18 Å². The van der Waals surface area contributed by atoms with E-state index >= 15 is 0 Å². The molecule has 0 bridgehead atoms. The molecule has 1 aromatic carbocycles. The number of primary amides is 1. The van der Waals surface area contributed by atoms with Crippen molar-refractivity contribution >= 4 is 11.9 Å². The second kappa shape index (κ2) is 7.73. The summed E-state index contributed by atoms with van der Waals surface area (Å²) in [5.74, 6) is -1.43. The van der Waals surface area contributed by atoms with Crippen LogP contribution in [0.5, 0.6) is 0 Å². The molecule has 6 heteroatoms. The van der Waals surface area contributed by atoms with E-state index in [1.165, 1.54) is 19.2 Å². The quantitative estimate of drug-likeness (QED) is 0.775. The second-order valence-corrected chi connectivity index (χ2v) is 5.34. The van der Waals surface area contributed by atoms with E-state index in [-0.39, 0.29) is 12.1 Å². The second-order valence-electron chi connectivity index (χ2n) is 5.34. The number of carbonyl (C=O) groups is 2. The van der Waals surface area contributed by atoms with E-state index in [0.29, 0.717) is 24.6 Å². The van der Waals surface area contributed by atoms with E-state index in [9.17, 15) is 14.0 Å². The van der Waals surface area contributed by atoms with Crippen LogP contribution in [0.1, 0.15) is 29.8 Å². The highest BCUT2D eigenvalue weighted by Crippen LogP contribution is 2.14. The van der Waals surface area contributed by atoms with Gasteiger partial charge in [-0.1, -0.05) is 19.9 Å². The minimum atomic E-state index is -0.713. The van der Waals surface area contributed by atoms with Crippen molar-refractivity contribution in [1.82, 2.24) is 4.90 Å². The number of carbonyl (C=O) groups excluding carboxylic acids is 2. The number of nitrogens with two attached hydrogens (primary N) is 1. The van der Waals surface area contributed by atoms with Crippen molar-refractivity contribution in [2.24, 2.45) is 11.7 Å². The van der Waals surface area contributed by atoms with E-state index in [1.807, 2.05) is 18.7 Å². The molecule has 0 spiro atoms. The Hall–Kier alpha value is -1.95. The van der Waals surface area contributed by atoms with Gasteiger partial charge in [-0.3, -0.25) is 9.69 Å². The average molecular weight is 296 g/mol. The highest BCUT2D eigenvalue weighted by atomic mass is 19.1. The summed E-state index contributed by atoms with van der Waals surface area (Å²) in [4.78, 5) is 24.2. The van der Waals surface area contributed by atoms with Crippen LogP contribution in [0.2, 0.25) is 0 Å².